The number of aromatic nitrogens is 3. The van der Waals surface area contributed by atoms with Crippen LogP contribution in [0.1, 0.15) is 29.5 Å². The average molecular weight is 376 g/mol. The Morgan fingerprint density at radius 1 is 1.15 bits per heavy atom. The largest absolute Gasteiger partial charge is 0.359 e. The van der Waals surface area contributed by atoms with Crippen molar-refractivity contribution in [3.63, 3.8) is 0 Å². The first kappa shape index (κ1) is 16.6. The summed E-state index contributed by atoms with van der Waals surface area (Å²) >= 11 is 1.83. The van der Waals surface area contributed by atoms with Crippen molar-refractivity contribution in [2.24, 2.45) is 0 Å². The van der Waals surface area contributed by atoms with E-state index in [0.717, 1.165) is 42.2 Å². The maximum atomic E-state index is 5.59. The molecular weight excluding hydrogens is 356 g/mol. The molecule has 1 aliphatic rings. The molecule has 1 fully saturated rings. The van der Waals surface area contributed by atoms with Crippen molar-refractivity contribution in [1.29, 1.82) is 0 Å². The van der Waals surface area contributed by atoms with Gasteiger partial charge in [0.15, 0.2) is 5.76 Å². The molecule has 3 aromatic heterocycles. The molecule has 0 spiro atoms. The summed E-state index contributed by atoms with van der Waals surface area (Å²) in [6.07, 6.45) is 5.94. The maximum Gasteiger partial charge on any atom is 0.151 e. The fourth-order valence-corrected chi connectivity index (χ4v) is 4.83. The lowest BCUT2D eigenvalue weighted by atomic mass is 9.98. The van der Waals surface area contributed by atoms with Crippen LogP contribution < -0.4 is 0 Å². The van der Waals surface area contributed by atoms with Crippen LogP contribution in [-0.2, 0) is 6.54 Å². The quantitative estimate of drug-likeness (QED) is 0.515. The molecule has 1 saturated heterocycles. The summed E-state index contributed by atoms with van der Waals surface area (Å²) in [5.41, 5.74) is 3.02. The van der Waals surface area contributed by atoms with E-state index in [1.54, 1.807) is 12.4 Å². The van der Waals surface area contributed by atoms with Crippen molar-refractivity contribution in [1.82, 2.24) is 20.0 Å². The number of rotatable bonds is 4. The van der Waals surface area contributed by atoms with Gasteiger partial charge in [0.2, 0.25) is 0 Å². The predicted molar refractivity (Wildman–Crippen MR) is 107 cm³/mol. The average Bonchev–Trinajstić information content (AvgIpc) is 3.36. The van der Waals surface area contributed by atoms with Crippen molar-refractivity contribution in [3.05, 3.63) is 65.6 Å². The smallest absolute Gasteiger partial charge is 0.151 e. The van der Waals surface area contributed by atoms with Crippen LogP contribution in [0.4, 0.5) is 0 Å². The Morgan fingerprint density at radius 3 is 2.93 bits per heavy atom. The summed E-state index contributed by atoms with van der Waals surface area (Å²) in [7, 11) is 0. The maximum absolute atomic E-state index is 5.59. The molecule has 0 bridgehead atoms. The number of thiazole rings is 1. The molecule has 0 unspecified atom stereocenters. The molecule has 0 radical (unpaired) electrons. The zero-order chi connectivity index (χ0) is 18.1. The van der Waals surface area contributed by atoms with Gasteiger partial charge >= 0.3 is 0 Å². The Hall–Kier alpha value is -2.57. The molecular formula is C21H20N4OS. The lowest BCUT2D eigenvalue weighted by Crippen LogP contribution is -2.33. The van der Waals surface area contributed by atoms with Gasteiger partial charge in [-0.1, -0.05) is 17.3 Å². The number of hydrogen-bond donors (Lipinski definition) is 0. The highest BCUT2D eigenvalue weighted by molar-refractivity contribution is 7.18. The fourth-order valence-electron chi connectivity index (χ4n) is 3.73. The molecule has 1 atom stereocenters. The zero-order valence-electron chi connectivity index (χ0n) is 14.9. The van der Waals surface area contributed by atoms with Crippen LogP contribution in [0.2, 0.25) is 0 Å². The normalized spacial score (nSPS) is 18.1. The van der Waals surface area contributed by atoms with Crippen LogP contribution in [0.15, 0.2) is 59.4 Å². The molecule has 5 rings (SSSR count). The first-order valence-corrected chi connectivity index (χ1v) is 10.1. The van der Waals surface area contributed by atoms with E-state index in [9.17, 15) is 0 Å². The molecule has 27 heavy (non-hydrogen) atoms. The second-order valence-corrected chi connectivity index (χ2v) is 8.07. The molecule has 1 aliphatic heterocycles. The van der Waals surface area contributed by atoms with Gasteiger partial charge < -0.3 is 4.52 Å². The first-order chi connectivity index (χ1) is 13.3. The molecule has 5 nitrogen and oxygen atoms in total. The number of para-hydroxylation sites is 1. The Morgan fingerprint density at radius 2 is 2.04 bits per heavy atom. The van der Waals surface area contributed by atoms with E-state index in [4.69, 9.17) is 9.51 Å². The third-order valence-corrected chi connectivity index (χ3v) is 6.28. The number of piperidine rings is 1. The summed E-state index contributed by atoms with van der Waals surface area (Å²) < 4.78 is 6.87. The van der Waals surface area contributed by atoms with Gasteiger partial charge in [0.25, 0.3) is 0 Å². The van der Waals surface area contributed by atoms with Crippen molar-refractivity contribution in [2.45, 2.75) is 25.3 Å². The van der Waals surface area contributed by atoms with Crippen LogP contribution in [0.3, 0.4) is 0 Å². The van der Waals surface area contributed by atoms with E-state index >= 15 is 0 Å². The second-order valence-electron chi connectivity index (χ2n) is 7.01. The van der Waals surface area contributed by atoms with Crippen LogP contribution >= 0.6 is 11.3 Å². The number of likely N-dealkylation sites (tertiary alicyclic amines) is 1. The summed E-state index contributed by atoms with van der Waals surface area (Å²) in [4.78, 5) is 11.4. The molecule has 0 N–H and O–H groups in total. The van der Waals surface area contributed by atoms with Gasteiger partial charge in [-0.3, -0.25) is 9.88 Å². The van der Waals surface area contributed by atoms with Gasteiger partial charge in [0.05, 0.1) is 21.8 Å². The van der Waals surface area contributed by atoms with E-state index in [1.165, 1.54) is 22.5 Å². The Kier molecular flexibility index (Phi) is 4.43. The molecule has 4 aromatic rings. The van der Waals surface area contributed by atoms with Crippen LogP contribution in [-0.4, -0.2) is 33.1 Å². The summed E-state index contributed by atoms with van der Waals surface area (Å²) in [5, 5.41) is 5.48. The standard InChI is InChI=1S/C21H20N4OS/c1-2-6-20-18(5-1)23-21(27-20)16-4-3-11-25(13-16)14-17-12-19(24-26-17)15-7-9-22-10-8-15/h1-2,5-10,12,16H,3-4,11,13-14H2/t16-/m1/s1. The molecule has 136 valence electrons. The van der Waals surface area contributed by atoms with Gasteiger partial charge in [0.1, 0.15) is 5.69 Å². The molecule has 4 heterocycles. The molecule has 0 amide bonds. The SMILES string of the molecule is c1ccc2sc([C@@H]3CCCN(Cc4cc(-c5ccncc5)no4)C3)nc2c1. The van der Waals surface area contributed by atoms with Crippen LogP contribution in [0.5, 0.6) is 0 Å². The van der Waals surface area contributed by atoms with Crippen LogP contribution in [0.25, 0.3) is 21.5 Å². The highest BCUT2D eigenvalue weighted by Gasteiger charge is 2.25. The predicted octanol–water partition coefficient (Wildman–Crippen LogP) is 4.73. The minimum absolute atomic E-state index is 0.499. The van der Waals surface area contributed by atoms with E-state index in [2.05, 4.69) is 39.3 Å². The van der Waals surface area contributed by atoms with Gasteiger partial charge in [-0.2, -0.15) is 0 Å². The topological polar surface area (TPSA) is 55.1 Å². The fraction of sp³-hybridized carbons (Fsp3) is 0.286. The molecule has 0 saturated carbocycles. The number of nitrogens with zero attached hydrogens (tertiary/aromatic N) is 4. The van der Waals surface area contributed by atoms with Crippen molar-refractivity contribution >= 4 is 21.6 Å². The summed E-state index contributed by atoms with van der Waals surface area (Å²) in [5.74, 6) is 1.41. The van der Waals surface area contributed by atoms with E-state index in [-0.39, 0.29) is 0 Å². The third-order valence-electron chi connectivity index (χ3n) is 5.08. The number of fused-ring (bicyclic) bond motifs is 1. The lowest BCUT2D eigenvalue weighted by Gasteiger charge is -2.30. The monoisotopic (exact) mass is 376 g/mol. The number of pyridine rings is 1. The van der Waals surface area contributed by atoms with Gasteiger partial charge in [-0.05, 0) is 43.7 Å². The van der Waals surface area contributed by atoms with E-state index < -0.39 is 0 Å². The minimum atomic E-state index is 0.499. The number of hydrogen-bond acceptors (Lipinski definition) is 6. The lowest BCUT2D eigenvalue weighted by molar-refractivity contribution is 0.180. The summed E-state index contributed by atoms with van der Waals surface area (Å²) in [6.45, 7) is 2.90. The zero-order valence-corrected chi connectivity index (χ0v) is 15.7. The highest BCUT2D eigenvalue weighted by atomic mass is 32.1. The highest BCUT2D eigenvalue weighted by Crippen LogP contribution is 2.33. The van der Waals surface area contributed by atoms with E-state index in [1.807, 2.05) is 29.5 Å². The minimum Gasteiger partial charge on any atom is -0.359 e. The van der Waals surface area contributed by atoms with E-state index in [0.29, 0.717) is 5.92 Å². The van der Waals surface area contributed by atoms with Crippen molar-refractivity contribution in [2.75, 3.05) is 13.1 Å². The third kappa shape index (κ3) is 3.50. The van der Waals surface area contributed by atoms with Gasteiger partial charge in [-0.15, -0.1) is 11.3 Å². The Labute approximate surface area is 161 Å². The molecule has 1 aromatic carbocycles. The van der Waals surface area contributed by atoms with Crippen LogP contribution in [0, 0.1) is 0 Å². The Bertz CT molecular complexity index is 1010. The summed E-state index contributed by atoms with van der Waals surface area (Å²) in [6, 6.07) is 14.3. The Balaban J connectivity index is 1.29. The number of benzene rings is 1. The van der Waals surface area contributed by atoms with Gasteiger partial charge in [0, 0.05) is 36.5 Å². The van der Waals surface area contributed by atoms with Crippen molar-refractivity contribution in [3.8, 4) is 11.3 Å². The van der Waals surface area contributed by atoms with Gasteiger partial charge in [-0.25, -0.2) is 4.98 Å². The second kappa shape index (κ2) is 7.21. The first-order valence-electron chi connectivity index (χ1n) is 9.29. The van der Waals surface area contributed by atoms with Crippen molar-refractivity contribution < 1.29 is 4.52 Å². The molecule has 6 heteroatoms. The molecule has 0 aliphatic carbocycles.